The topological polar surface area (TPSA) is 110 Å². The maximum absolute atomic E-state index is 13.7. The summed E-state index contributed by atoms with van der Waals surface area (Å²) >= 11 is 1.08. The molecule has 0 spiro atoms. The van der Waals surface area contributed by atoms with Gasteiger partial charge in [-0.25, -0.2) is 19.6 Å². The Balaban J connectivity index is 1.25. The maximum Gasteiger partial charge on any atom is 0.416 e. The number of hydrogen-bond acceptors (Lipinski definition) is 8. The molecule has 14 heteroatoms. The number of thiophene rings is 1. The first-order chi connectivity index (χ1) is 22.0. The number of carbonyl (C=O) groups is 2. The maximum atomic E-state index is 13.7. The van der Waals surface area contributed by atoms with Gasteiger partial charge in [-0.2, -0.15) is 13.2 Å². The van der Waals surface area contributed by atoms with E-state index < -0.39 is 29.9 Å². The number of methoxy groups -OCH3 is 1. The highest BCUT2D eigenvalue weighted by Gasteiger charge is 2.35. The van der Waals surface area contributed by atoms with E-state index in [0.29, 0.717) is 36.7 Å². The number of halogens is 3. The molecule has 1 aliphatic heterocycles. The molecule has 1 atom stereocenters. The SMILES string of the molecule is COC(=O)c1sc(-n2cnc3cc(-c4ccc(N5CCN(C(=O)O)CC5)nc4)ccc32)cc1O[C@H](C)c1ccccc1C(F)(F)F. The standard InChI is InChI=1S/C32H28F3N5O5S/c1-19(22-5-3-4-6-23(22)32(33,34)35)45-26-16-28(46-29(26)30(41)44-2)40-18-37-24-15-20(7-9-25(24)40)21-8-10-27(36-17-21)38-11-13-39(14-12-38)31(42)43/h3-10,15-19H,11-14H2,1-2H3,(H,42,43)/t19-/m1/s1. The average molecular weight is 652 g/mol. The fourth-order valence-electron chi connectivity index (χ4n) is 5.41. The van der Waals surface area contributed by atoms with E-state index in [1.807, 2.05) is 35.2 Å². The number of nitrogens with zero attached hydrogens (tertiary/aromatic N) is 5. The lowest BCUT2D eigenvalue weighted by Gasteiger charge is -2.33. The molecular formula is C32H28F3N5O5S. The zero-order valence-electron chi connectivity index (χ0n) is 24.7. The van der Waals surface area contributed by atoms with Crippen molar-refractivity contribution in [2.45, 2.75) is 19.2 Å². The third kappa shape index (κ3) is 6.07. The number of hydrogen-bond donors (Lipinski definition) is 1. The van der Waals surface area contributed by atoms with Crippen molar-refractivity contribution >= 4 is 40.3 Å². The van der Waals surface area contributed by atoms with Gasteiger partial charge in [0.1, 0.15) is 29.0 Å². The van der Waals surface area contributed by atoms with Gasteiger partial charge in [0.05, 0.1) is 23.7 Å². The summed E-state index contributed by atoms with van der Waals surface area (Å²) in [5.41, 5.74) is 2.31. The number of amides is 1. The van der Waals surface area contributed by atoms with Gasteiger partial charge in [-0.05, 0) is 42.8 Å². The molecule has 6 rings (SSSR count). The van der Waals surface area contributed by atoms with Gasteiger partial charge < -0.3 is 24.4 Å². The number of rotatable bonds is 7. The Kier molecular flexibility index (Phi) is 8.30. The van der Waals surface area contributed by atoms with Crippen LogP contribution >= 0.6 is 11.3 Å². The third-order valence-electron chi connectivity index (χ3n) is 7.80. The van der Waals surface area contributed by atoms with Crippen LogP contribution in [0, 0.1) is 0 Å². The predicted molar refractivity (Wildman–Crippen MR) is 166 cm³/mol. The quantitative estimate of drug-likeness (QED) is 0.190. The van der Waals surface area contributed by atoms with Crippen LogP contribution in [0.25, 0.3) is 27.2 Å². The van der Waals surface area contributed by atoms with E-state index in [4.69, 9.17) is 9.47 Å². The van der Waals surface area contributed by atoms with Gasteiger partial charge in [-0.1, -0.05) is 24.3 Å². The largest absolute Gasteiger partial charge is 0.484 e. The second-order valence-corrected chi connectivity index (χ2v) is 11.6. The summed E-state index contributed by atoms with van der Waals surface area (Å²) in [6, 6.07) is 16.3. The zero-order chi connectivity index (χ0) is 32.6. The first-order valence-corrected chi connectivity index (χ1v) is 15.1. The normalized spacial score (nSPS) is 14.4. The van der Waals surface area contributed by atoms with Crippen molar-refractivity contribution in [3.8, 4) is 21.9 Å². The summed E-state index contributed by atoms with van der Waals surface area (Å²) < 4.78 is 53.6. The van der Waals surface area contributed by atoms with Crippen LogP contribution in [0.1, 0.15) is 33.8 Å². The summed E-state index contributed by atoms with van der Waals surface area (Å²) in [6.45, 7) is 3.46. The number of esters is 1. The Labute approximate surface area is 265 Å². The third-order valence-corrected chi connectivity index (χ3v) is 8.90. The van der Waals surface area contributed by atoms with Crippen LogP contribution in [0.3, 0.4) is 0 Å². The van der Waals surface area contributed by atoms with Crippen molar-refractivity contribution in [3.63, 3.8) is 0 Å². The van der Waals surface area contributed by atoms with Gasteiger partial charge in [0.2, 0.25) is 0 Å². The van der Waals surface area contributed by atoms with Crippen LogP contribution in [0.15, 0.2) is 73.2 Å². The molecule has 1 amide bonds. The molecule has 5 aromatic rings. The highest BCUT2D eigenvalue weighted by atomic mass is 32.1. The van der Waals surface area contributed by atoms with E-state index in [1.54, 1.807) is 23.2 Å². The lowest BCUT2D eigenvalue weighted by atomic mass is 10.0. The fourth-order valence-corrected chi connectivity index (χ4v) is 6.40. The number of imidazole rings is 1. The van der Waals surface area contributed by atoms with Crippen LogP contribution in [-0.4, -0.2) is 69.9 Å². The lowest BCUT2D eigenvalue weighted by molar-refractivity contribution is -0.139. The molecule has 238 valence electrons. The summed E-state index contributed by atoms with van der Waals surface area (Å²) in [5, 5.41) is 9.74. The van der Waals surface area contributed by atoms with Crippen molar-refractivity contribution in [2.75, 3.05) is 38.2 Å². The number of carboxylic acid groups (broad SMARTS) is 1. The first kappa shape index (κ1) is 30.9. The lowest BCUT2D eigenvalue weighted by Crippen LogP contribution is -2.48. The Hall–Kier alpha value is -5.11. The summed E-state index contributed by atoms with van der Waals surface area (Å²) in [7, 11) is 1.23. The molecular weight excluding hydrogens is 623 g/mol. The number of carbonyl (C=O) groups excluding carboxylic acids is 1. The Morgan fingerprint density at radius 1 is 0.978 bits per heavy atom. The molecule has 1 fully saturated rings. The number of benzene rings is 2. The Morgan fingerprint density at radius 3 is 2.39 bits per heavy atom. The number of ether oxygens (including phenoxy) is 2. The number of alkyl halides is 3. The molecule has 3 aromatic heterocycles. The first-order valence-electron chi connectivity index (χ1n) is 14.2. The molecule has 1 aliphatic rings. The van der Waals surface area contributed by atoms with Gasteiger partial charge in [-0.3, -0.25) is 4.57 Å². The second kappa shape index (κ2) is 12.4. The number of fused-ring (bicyclic) bond motifs is 1. The summed E-state index contributed by atoms with van der Waals surface area (Å²) in [6.07, 6.45) is -3.13. The number of anilines is 1. The smallest absolute Gasteiger partial charge is 0.416 e. The van der Waals surface area contributed by atoms with Crippen molar-refractivity contribution in [1.82, 2.24) is 19.4 Å². The molecule has 0 radical (unpaired) electrons. The van der Waals surface area contributed by atoms with E-state index in [-0.39, 0.29) is 16.2 Å². The minimum absolute atomic E-state index is 0.0533. The molecule has 0 saturated carbocycles. The zero-order valence-corrected chi connectivity index (χ0v) is 25.5. The highest BCUT2D eigenvalue weighted by molar-refractivity contribution is 7.16. The molecule has 0 unspecified atom stereocenters. The van der Waals surface area contributed by atoms with Crippen molar-refractivity contribution in [2.24, 2.45) is 0 Å². The van der Waals surface area contributed by atoms with Gasteiger partial charge >= 0.3 is 18.2 Å². The van der Waals surface area contributed by atoms with Gasteiger partial charge in [-0.15, -0.1) is 11.3 Å². The van der Waals surface area contributed by atoms with E-state index in [0.717, 1.165) is 39.9 Å². The molecule has 2 aromatic carbocycles. The van der Waals surface area contributed by atoms with Gasteiger partial charge in [0.15, 0.2) is 4.88 Å². The van der Waals surface area contributed by atoms with Crippen LogP contribution in [0.2, 0.25) is 0 Å². The Bertz CT molecular complexity index is 1900. The molecule has 1 saturated heterocycles. The van der Waals surface area contributed by atoms with E-state index in [2.05, 4.69) is 9.97 Å². The second-order valence-electron chi connectivity index (χ2n) is 10.6. The van der Waals surface area contributed by atoms with Crippen LogP contribution < -0.4 is 9.64 Å². The molecule has 0 aliphatic carbocycles. The van der Waals surface area contributed by atoms with Crippen molar-refractivity contribution < 1.29 is 37.3 Å². The number of aromatic nitrogens is 3. The number of pyridine rings is 1. The Morgan fingerprint density at radius 2 is 1.72 bits per heavy atom. The number of piperazine rings is 1. The molecule has 1 N–H and O–H groups in total. The highest BCUT2D eigenvalue weighted by Crippen LogP contribution is 2.40. The van der Waals surface area contributed by atoms with E-state index in [9.17, 15) is 27.9 Å². The van der Waals surface area contributed by atoms with Crippen LogP contribution in [0.5, 0.6) is 5.75 Å². The molecule has 4 heterocycles. The average Bonchev–Trinajstić information content (AvgIpc) is 3.68. The van der Waals surface area contributed by atoms with Gasteiger partial charge in [0, 0.05) is 49.6 Å². The molecule has 0 bridgehead atoms. The van der Waals surface area contributed by atoms with Crippen molar-refractivity contribution in [3.05, 3.63) is 89.2 Å². The van der Waals surface area contributed by atoms with Gasteiger partial charge in [0.25, 0.3) is 0 Å². The summed E-state index contributed by atoms with van der Waals surface area (Å²) in [4.78, 5) is 36.5. The molecule has 46 heavy (non-hydrogen) atoms. The van der Waals surface area contributed by atoms with E-state index in [1.165, 1.54) is 37.1 Å². The minimum atomic E-state index is -4.56. The fraction of sp³-hybridized carbons (Fsp3) is 0.250. The molecule has 10 nitrogen and oxygen atoms in total. The van der Waals surface area contributed by atoms with Crippen molar-refractivity contribution in [1.29, 1.82) is 0 Å². The van der Waals surface area contributed by atoms with Crippen LogP contribution in [0.4, 0.5) is 23.8 Å². The van der Waals surface area contributed by atoms with Crippen LogP contribution in [-0.2, 0) is 10.9 Å². The van der Waals surface area contributed by atoms with E-state index >= 15 is 0 Å². The monoisotopic (exact) mass is 651 g/mol. The summed E-state index contributed by atoms with van der Waals surface area (Å²) in [5.74, 6) is 0.201. The predicted octanol–water partition coefficient (Wildman–Crippen LogP) is 6.89. The minimum Gasteiger partial charge on any atom is -0.484 e.